The lowest BCUT2D eigenvalue weighted by Crippen LogP contribution is -2.14. The summed E-state index contributed by atoms with van der Waals surface area (Å²) in [6.07, 6.45) is 1.53. The average Bonchev–Trinajstić information content (AvgIpc) is 2.32. The summed E-state index contributed by atoms with van der Waals surface area (Å²) >= 11 is 0. The molecule has 0 bridgehead atoms. The minimum atomic E-state index is -3.60. The Morgan fingerprint density at radius 1 is 0.944 bits per heavy atom. The minimum absolute atomic E-state index is 0.0219. The standard InChI is InChI=1S/C13H14N2O2S/c1-10-3-6-12(7-4-10)15-18(16,17)13-8-5-11(2)9-14-13/h3-9,15H,1-2H3. The van der Waals surface area contributed by atoms with Crippen LogP contribution in [0.1, 0.15) is 11.1 Å². The summed E-state index contributed by atoms with van der Waals surface area (Å²) in [6, 6.07) is 10.4. The highest BCUT2D eigenvalue weighted by Gasteiger charge is 2.15. The molecular formula is C13H14N2O2S. The topological polar surface area (TPSA) is 59.1 Å². The maximum absolute atomic E-state index is 12.0. The van der Waals surface area contributed by atoms with Crippen molar-refractivity contribution in [3.05, 3.63) is 53.7 Å². The Kier molecular flexibility index (Phi) is 3.34. The van der Waals surface area contributed by atoms with Crippen molar-refractivity contribution in [2.75, 3.05) is 4.72 Å². The van der Waals surface area contributed by atoms with E-state index in [0.717, 1.165) is 11.1 Å². The fourth-order valence-electron chi connectivity index (χ4n) is 1.44. The number of nitrogens with zero attached hydrogens (tertiary/aromatic N) is 1. The van der Waals surface area contributed by atoms with E-state index in [2.05, 4.69) is 9.71 Å². The molecule has 0 unspecified atom stereocenters. The Balaban J connectivity index is 2.27. The Morgan fingerprint density at radius 3 is 2.11 bits per heavy atom. The molecule has 0 spiro atoms. The molecule has 94 valence electrons. The van der Waals surface area contributed by atoms with Gasteiger partial charge in [0.25, 0.3) is 10.0 Å². The lowest BCUT2D eigenvalue weighted by atomic mass is 10.2. The normalized spacial score (nSPS) is 11.2. The lowest BCUT2D eigenvalue weighted by molar-refractivity contribution is 0.597. The Labute approximate surface area is 107 Å². The number of benzene rings is 1. The maximum Gasteiger partial charge on any atom is 0.279 e. The van der Waals surface area contributed by atoms with Crippen molar-refractivity contribution in [2.45, 2.75) is 18.9 Å². The van der Waals surface area contributed by atoms with Gasteiger partial charge < -0.3 is 0 Å². The largest absolute Gasteiger partial charge is 0.279 e. The first-order valence-corrected chi connectivity index (χ1v) is 6.98. The van der Waals surface area contributed by atoms with Crippen LogP contribution in [0.15, 0.2) is 47.6 Å². The molecule has 1 aromatic carbocycles. The van der Waals surface area contributed by atoms with Crippen molar-refractivity contribution < 1.29 is 8.42 Å². The summed E-state index contributed by atoms with van der Waals surface area (Å²) in [5.41, 5.74) is 2.53. The van der Waals surface area contributed by atoms with Gasteiger partial charge in [-0.05, 0) is 37.6 Å². The third-order valence-electron chi connectivity index (χ3n) is 2.46. The minimum Gasteiger partial charge on any atom is -0.278 e. The number of rotatable bonds is 3. The Bertz CT molecular complexity index is 632. The predicted molar refractivity (Wildman–Crippen MR) is 71.0 cm³/mol. The van der Waals surface area contributed by atoms with Crippen LogP contribution in [0.2, 0.25) is 0 Å². The van der Waals surface area contributed by atoms with Crippen LogP contribution in [0, 0.1) is 13.8 Å². The van der Waals surface area contributed by atoms with E-state index in [1.54, 1.807) is 18.2 Å². The van der Waals surface area contributed by atoms with Gasteiger partial charge in [-0.2, -0.15) is 8.42 Å². The van der Waals surface area contributed by atoms with Crippen molar-refractivity contribution in [3.8, 4) is 0 Å². The van der Waals surface area contributed by atoms with Crippen molar-refractivity contribution >= 4 is 15.7 Å². The quantitative estimate of drug-likeness (QED) is 0.924. The lowest BCUT2D eigenvalue weighted by Gasteiger charge is -2.07. The average molecular weight is 262 g/mol. The third-order valence-corrected chi connectivity index (χ3v) is 3.76. The number of hydrogen-bond acceptors (Lipinski definition) is 3. The van der Waals surface area contributed by atoms with Gasteiger partial charge in [0.15, 0.2) is 5.03 Å². The molecule has 1 heterocycles. The fourth-order valence-corrected chi connectivity index (χ4v) is 2.43. The third kappa shape index (κ3) is 2.87. The molecule has 2 aromatic rings. The van der Waals surface area contributed by atoms with Crippen LogP contribution in [0.3, 0.4) is 0 Å². The van der Waals surface area contributed by atoms with E-state index >= 15 is 0 Å². The van der Waals surface area contributed by atoms with Crippen molar-refractivity contribution in [2.24, 2.45) is 0 Å². The summed E-state index contributed by atoms with van der Waals surface area (Å²) in [4.78, 5) is 3.91. The molecule has 0 aliphatic heterocycles. The molecule has 4 nitrogen and oxygen atoms in total. The number of hydrogen-bond donors (Lipinski definition) is 1. The fraction of sp³-hybridized carbons (Fsp3) is 0.154. The van der Waals surface area contributed by atoms with Gasteiger partial charge in [-0.3, -0.25) is 4.72 Å². The van der Waals surface area contributed by atoms with Crippen LogP contribution in [0.25, 0.3) is 0 Å². The molecule has 0 aliphatic rings. The second-order valence-corrected chi connectivity index (χ2v) is 5.77. The summed E-state index contributed by atoms with van der Waals surface area (Å²) in [5.74, 6) is 0. The molecule has 2 rings (SSSR count). The molecule has 18 heavy (non-hydrogen) atoms. The number of sulfonamides is 1. The Morgan fingerprint density at radius 2 is 1.56 bits per heavy atom. The van der Waals surface area contributed by atoms with E-state index in [9.17, 15) is 8.42 Å². The second kappa shape index (κ2) is 4.78. The molecular weight excluding hydrogens is 248 g/mol. The zero-order valence-electron chi connectivity index (χ0n) is 10.2. The number of aryl methyl sites for hydroxylation is 2. The maximum atomic E-state index is 12.0. The van der Waals surface area contributed by atoms with E-state index in [4.69, 9.17) is 0 Å². The van der Waals surface area contributed by atoms with Crippen LogP contribution >= 0.6 is 0 Å². The number of pyridine rings is 1. The van der Waals surface area contributed by atoms with Crippen LogP contribution in [0.4, 0.5) is 5.69 Å². The molecule has 0 saturated carbocycles. The summed E-state index contributed by atoms with van der Waals surface area (Å²) in [6.45, 7) is 3.80. The number of aromatic nitrogens is 1. The van der Waals surface area contributed by atoms with E-state index in [-0.39, 0.29) is 5.03 Å². The molecule has 0 amide bonds. The van der Waals surface area contributed by atoms with E-state index in [1.807, 2.05) is 26.0 Å². The van der Waals surface area contributed by atoms with Crippen LogP contribution in [0.5, 0.6) is 0 Å². The van der Waals surface area contributed by atoms with Gasteiger partial charge in [-0.25, -0.2) is 4.98 Å². The van der Waals surface area contributed by atoms with E-state index in [0.29, 0.717) is 5.69 Å². The monoisotopic (exact) mass is 262 g/mol. The van der Waals surface area contributed by atoms with Crippen molar-refractivity contribution in [1.82, 2.24) is 4.98 Å². The first-order valence-electron chi connectivity index (χ1n) is 5.49. The van der Waals surface area contributed by atoms with Crippen LogP contribution in [-0.4, -0.2) is 13.4 Å². The molecule has 0 aliphatic carbocycles. The van der Waals surface area contributed by atoms with Gasteiger partial charge in [0, 0.05) is 11.9 Å². The molecule has 0 radical (unpaired) electrons. The molecule has 1 aromatic heterocycles. The van der Waals surface area contributed by atoms with E-state index < -0.39 is 10.0 Å². The number of nitrogens with one attached hydrogen (secondary N) is 1. The van der Waals surface area contributed by atoms with Gasteiger partial charge in [0.1, 0.15) is 0 Å². The van der Waals surface area contributed by atoms with Gasteiger partial charge >= 0.3 is 0 Å². The van der Waals surface area contributed by atoms with Crippen molar-refractivity contribution in [3.63, 3.8) is 0 Å². The summed E-state index contributed by atoms with van der Waals surface area (Å²) in [7, 11) is -3.60. The smallest absolute Gasteiger partial charge is 0.278 e. The van der Waals surface area contributed by atoms with E-state index in [1.165, 1.54) is 12.3 Å². The summed E-state index contributed by atoms with van der Waals surface area (Å²) < 4.78 is 26.5. The first kappa shape index (κ1) is 12.6. The number of anilines is 1. The molecule has 0 atom stereocenters. The van der Waals surface area contributed by atoms with Gasteiger partial charge in [-0.15, -0.1) is 0 Å². The molecule has 5 heteroatoms. The zero-order chi connectivity index (χ0) is 13.2. The molecule has 0 saturated heterocycles. The van der Waals surface area contributed by atoms with Gasteiger partial charge in [0.05, 0.1) is 0 Å². The second-order valence-electron chi connectivity index (χ2n) is 4.15. The van der Waals surface area contributed by atoms with Gasteiger partial charge in [0.2, 0.25) is 0 Å². The zero-order valence-corrected chi connectivity index (χ0v) is 11.0. The van der Waals surface area contributed by atoms with Crippen LogP contribution < -0.4 is 4.72 Å². The Hall–Kier alpha value is -1.88. The predicted octanol–water partition coefficient (Wildman–Crippen LogP) is 2.50. The highest BCUT2D eigenvalue weighted by molar-refractivity contribution is 7.92. The van der Waals surface area contributed by atoms with Crippen LogP contribution in [-0.2, 0) is 10.0 Å². The SMILES string of the molecule is Cc1ccc(NS(=O)(=O)c2ccc(C)cn2)cc1. The summed E-state index contributed by atoms with van der Waals surface area (Å²) in [5, 5.41) is 0.0219. The highest BCUT2D eigenvalue weighted by Crippen LogP contribution is 2.15. The highest BCUT2D eigenvalue weighted by atomic mass is 32.2. The first-order chi connectivity index (χ1) is 8.47. The molecule has 0 fully saturated rings. The molecule has 1 N–H and O–H groups in total. The van der Waals surface area contributed by atoms with Crippen molar-refractivity contribution in [1.29, 1.82) is 0 Å². The van der Waals surface area contributed by atoms with Gasteiger partial charge in [-0.1, -0.05) is 23.8 Å².